The first-order chi connectivity index (χ1) is 13.6. The number of esters is 1. The monoisotopic (exact) mass is 419 g/mol. The van der Waals surface area contributed by atoms with Crippen LogP contribution in [0.4, 0.5) is 0 Å². The SMILES string of the molecule is COC(=O)[C@H](CCSC)NC(=O)c1csc2nc(-c3cccc(OC)c3)cn12. The fourth-order valence-corrected chi connectivity index (χ4v) is 4.05. The van der Waals surface area contributed by atoms with Gasteiger partial charge >= 0.3 is 5.97 Å². The molecule has 28 heavy (non-hydrogen) atoms. The van der Waals surface area contributed by atoms with Gasteiger partial charge in [-0.25, -0.2) is 9.78 Å². The zero-order valence-electron chi connectivity index (χ0n) is 15.8. The number of aromatic nitrogens is 2. The van der Waals surface area contributed by atoms with Gasteiger partial charge in [-0.3, -0.25) is 9.20 Å². The Morgan fingerprint density at radius 1 is 1.36 bits per heavy atom. The maximum absolute atomic E-state index is 12.8. The summed E-state index contributed by atoms with van der Waals surface area (Å²) in [5, 5.41) is 4.51. The van der Waals surface area contributed by atoms with E-state index in [1.54, 1.807) is 28.7 Å². The molecule has 0 aliphatic rings. The maximum atomic E-state index is 12.8. The predicted octanol–water partition coefficient (Wildman–Crippen LogP) is 3.10. The summed E-state index contributed by atoms with van der Waals surface area (Å²) in [4.78, 5) is 30.0. The van der Waals surface area contributed by atoms with Crippen LogP contribution in [0, 0.1) is 0 Å². The van der Waals surface area contributed by atoms with Crippen molar-refractivity contribution in [2.75, 3.05) is 26.2 Å². The van der Waals surface area contributed by atoms with Crippen LogP contribution in [0.25, 0.3) is 16.2 Å². The van der Waals surface area contributed by atoms with Crippen molar-refractivity contribution in [1.29, 1.82) is 0 Å². The summed E-state index contributed by atoms with van der Waals surface area (Å²) in [5.41, 5.74) is 2.07. The van der Waals surface area contributed by atoms with E-state index in [-0.39, 0.29) is 5.91 Å². The molecule has 148 valence electrons. The molecular formula is C19H21N3O4S2. The lowest BCUT2D eigenvalue weighted by Crippen LogP contribution is -2.42. The number of carbonyl (C=O) groups is 2. The van der Waals surface area contributed by atoms with Crippen molar-refractivity contribution >= 4 is 39.9 Å². The van der Waals surface area contributed by atoms with Crippen LogP contribution in [-0.4, -0.2) is 53.5 Å². The van der Waals surface area contributed by atoms with Crippen molar-refractivity contribution in [3.63, 3.8) is 0 Å². The Kier molecular flexibility index (Phi) is 6.58. The van der Waals surface area contributed by atoms with Crippen LogP contribution in [0.1, 0.15) is 16.9 Å². The molecule has 0 fully saturated rings. The standard InChI is InChI=1S/C19H21N3O4S2/c1-25-13-6-4-5-12(9-13)15-10-22-16(11-28-19(22)21-15)17(23)20-14(7-8-27-3)18(24)26-2/h4-6,9-11,14H,7-8H2,1-3H3,(H,20,23)/t14-/m0/s1. The molecule has 0 radical (unpaired) electrons. The summed E-state index contributed by atoms with van der Waals surface area (Å²) in [7, 11) is 2.93. The van der Waals surface area contributed by atoms with Crippen LogP contribution in [0.5, 0.6) is 5.75 Å². The zero-order chi connectivity index (χ0) is 20.1. The molecule has 0 aliphatic carbocycles. The first-order valence-corrected chi connectivity index (χ1v) is 10.8. The molecule has 2 aromatic heterocycles. The molecule has 0 saturated carbocycles. The van der Waals surface area contributed by atoms with Gasteiger partial charge in [0.25, 0.3) is 5.91 Å². The molecular weight excluding hydrogens is 398 g/mol. The van der Waals surface area contributed by atoms with E-state index < -0.39 is 12.0 Å². The predicted molar refractivity (Wildman–Crippen MR) is 111 cm³/mol. The van der Waals surface area contributed by atoms with Gasteiger partial charge in [0.2, 0.25) is 0 Å². The number of thiazole rings is 1. The Balaban J connectivity index is 1.85. The molecule has 1 aromatic carbocycles. The number of hydrogen-bond acceptors (Lipinski definition) is 7. The second-order valence-electron chi connectivity index (χ2n) is 5.96. The summed E-state index contributed by atoms with van der Waals surface area (Å²) in [6, 6.07) is 6.90. The van der Waals surface area contributed by atoms with E-state index in [0.29, 0.717) is 17.1 Å². The fourth-order valence-electron chi connectivity index (χ4n) is 2.73. The highest BCUT2D eigenvalue weighted by molar-refractivity contribution is 7.98. The van der Waals surface area contributed by atoms with E-state index in [1.807, 2.05) is 36.7 Å². The Morgan fingerprint density at radius 3 is 2.89 bits per heavy atom. The highest BCUT2D eigenvalue weighted by Crippen LogP contribution is 2.26. The minimum absolute atomic E-state index is 0.336. The Hall–Kier alpha value is -2.52. The van der Waals surface area contributed by atoms with Crippen LogP contribution in [0.2, 0.25) is 0 Å². The van der Waals surface area contributed by atoms with E-state index in [2.05, 4.69) is 10.3 Å². The minimum Gasteiger partial charge on any atom is -0.497 e. The second-order valence-corrected chi connectivity index (χ2v) is 7.78. The number of fused-ring (bicyclic) bond motifs is 1. The molecule has 0 spiro atoms. The molecule has 3 rings (SSSR count). The number of rotatable bonds is 8. The average molecular weight is 420 g/mol. The largest absolute Gasteiger partial charge is 0.497 e. The van der Waals surface area contributed by atoms with Crippen molar-refractivity contribution in [3.05, 3.63) is 41.5 Å². The van der Waals surface area contributed by atoms with Crippen LogP contribution < -0.4 is 10.1 Å². The van der Waals surface area contributed by atoms with Crippen molar-refractivity contribution in [1.82, 2.24) is 14.7 Å². The number of methoxy groups -OCH3 is 2. The Bertz CT molecular complexity index is 983. The second kappa shape index (κ2) is 9.11. The number of thioether (sulfide) groups is 1. The van der Waals surface area contributed by atoms with Crippen molar-refractivity contribution in [3.8, 4) is 17.0 Å². The van der Waals surface area contributed by atoms with E-state index in [1.165, 1.54) is 18.4 Å². The van der Waals surface area contributed by atoms with Crippen molar-refractivity contribution in [2.24, 2.45) is 0 Å². The number of amides is 1. The number of ether oxygens (including phenoxy) is 2. The van der Waals surface area contributed by atoms with Crippen LogP contribution in [0.3, 0.4) is 0 Å². The highest BCUT2D eigenvalue weighted by Gasteiger charge is 2.24. The lowest BCUT2D eigenvalue weighted by molar-refractivity contribution is -0.142. The van der Waals surface area contributed by atoms with Gasteiger partial charge < -0.3 is 14.8 Å². The third-order valence-electron chi connectivity index (χ3n) is 4.21. The number of hydrogen-bond donors (Lipinski definition) is 1. The number of benzene rings is 1. The summed E-state index contributed by atoms with van der Waals surface area (Å²) in [6.07, 6.45) is 4.26. The van der Waals surface area contributed by atoms with E-state index in [0.717, 1.165) is 22.8 Å². The minimum atomic E-state index is -0.679. The first-order valence-electron chi connectivity index (χ1n) is 8.56. The van der Waals surface area contributed by atoms with E-state index >= 15 is 0 Å². The number of carbonyl (C=O) groups excluding carboxylic acids is 2. The molecule has 3 aromatic rings. The van der Waals surface area contributed by atoms with Gasteiger partial charge in [0.1, 0.15) is 17.5 Å². The average Bonchev–Trinajstić information content (AvgIpc) is 3.31. The molecule has 2 heterocycles. The van der Waals surface area contributed by atoms with Crippen LogP contribution >= 0.6 is 23.1 Å². The molecule has 0 saturated heterocycles. The van der Waals surface area contributed by atoms with E-state index in [4.69, 9.17) is 9.47 Å². The number of imidazole rings is 1. The Morgan fingerprint density at radius 2 is 2.18 bits per heavy atom. The number of nitrogens with zero attached hydrogens (tertiary/aromatic N) is 2. The molecule has 1 atom stereocenters. The van der Waals surface area contributed by atoms with Gasteiger partial charge in [-0.2, -0.15) is 11.8 Å². The summed E-state index contributed by atoms with van der Waals surface area (Å²) < 4.78 is 11.8. The molecule has 7 nitrogen and oxygen atoms in total. The molecule has 0 unspecified atom stereocenters. The fraction of sp³-hybridized carbons (Fsp3) is 0.316. The molecule has 9 heteroatoms. The van der Waals surface area contributed by atoms with Crippen LogP contribution in [0.15, 0.2) is 35.8 Å². The number of nitrogens with one attached hydrogen (secondary N) is 1. The van der Waals surface area contributed by atoms with Gasteiger partial charge in [-0.1, -0.05) is 12.1 Å². The Labute approximate surface area is 171 Å². The summed E-state index contributed by atoms with van der Waals surface area (Å²) >= 11 is 2.97. The quantitative estimate of drug-likeness (QED) is 0.565. The maximum Gasteiger partial charge on any atom is 0.328 e. The van der Waals surface area contributed by atoms with Gasteiger partial charge in [-0.05, 0) is 30.6 Å². The van der Waals surface area contributed by atoms with Crippen molar-refractivity contribution in [2.45, 2.75) is 12.5 Å². The first kappa shape index (κ1) is 20.2. The topological polar surface area (TPSA) is 81.9 Å². The van der Waals surface area contributed by atoms with Gasteiger partial charge in [-0.15, -0.1) is 11.3 Å². The third kappa shape index (κ3) is 4.31. The zero-order valence-corrected chi connectivity index (χ0v) is 17.4. The molecule has 1 amide bonds. The van der Waals surface area contributed by atoms with Gasteiger partial charge in [0, 0.05) is 17.1 Å². The molecule has 0 aliphatic heterocycles. The lowest BCUT2D eigenvalue weighted by atomic mass is 10.1. The van der Waals surface area contributed by atoms with E-state index in [9.17, 15) is 9.59 Å². The molecule has 1 N–H and O–H groups in total. The third-order valence-corrected chi connectivity index (χ3v) is 5.69. The van der Waals surface area contributed by atoms with Crippen LogP contribution in [-0.2, 0) is 9.53 Å². The summed E-state index contributed by atoms with van der Waals surface area (Å²) in [5.74, 6) is 0.694. The van der Waals surface area contributed by atoms with Crippen molar-refractivity contribution < 1.29 is 19.1 Å². The van der Waals surface area contributed by atoms with Gasteiger partial charge in [0.05, 0.1) is 19.9 Å². The lowest BCUT2D eigenvalue weighted by Gasteiger charge is -2.15. The summed E-state index contributed by atoms with van der Waals surface area (Å²) in [6.45, 7) is 0. The normalized spacial score (nSPS) is 12.0. The van der Waals surface area contributed by atoms with Gasteiger partial charge in [0.15, 0.2) is 4.96 Å². The highest BCUT2D eigenvalue weighted by atomic mass is 32.2. The smallest absolute Gasteiger partial charge is 0.328 e. The molecule has 0 bridgehead atoms.